The lowest BCUT2D eigenvalue weighted by Gasteiger charge is -2.03. The summed E-state index contributed by atoms with van der Waals surface area (Å²) in [6, 6.07) is 1.03. The molecule has 6 heteroatoms. The first-order valence-electron chi connectivity index (χ1n) is 4.22. The molecule has 0 atom stereocenters. The minimum absolute atomic E-state index is 0.344. The SMILES string of the molecule is FC(F)(F)c1cc(C2=CCC=CS2)n[nH]1. The molecule has 80 valence electrons. The van der Waals surface area contributed by atoms with E-state index in [9.17, 15) is 13.2 Å². The molecule has 0 bridgehead atoms. The fourth-order valence-electron chi connectivity index (χ4n) is 1.16. The van der Waals surface area contributed by atoms with Gasteiger partial charge >= 0.3 is 6.18 Å². The molecule has 1 aliphatic heterocycles. The molecule has 2 rings (SSSR count). The number of nitrogens with zero attached hydrogens (tertiary/aromatic N) is 1. The standard InChI is InChI=1S/C9H7F3N2S/c10-9(11,12)8-5-6(13-14-8)7-3-1-2-4-15-7/h2-5H,1H2,(H,13,14). The second-order valence-electron chi connectivity index (χ2n) is 2.96. The number of H-pyrrole nitrogens is 1. The van der Waals surface area contributed by atoms with Crippen LogP contribution in [0.2, 0.25) is 0 Å². The summed E-state index contributed by atoms with van der Waals surface area (Å²) in [5, 5.41) is 7.47. The molecule has 0 saturated carbocycles. The zero-order valence-electron chi connectivity index (χ0n) is 7.51. The first kappa shape index (κ1) is 10.4. The molecule has 1 N–H and O–H groups in total. The smallest absolute Gasteiger partial charge is 0.273 e. The minimum atomic E-state index is -4.36. The lowest BCUT2D eigenvalue weighted by molar-refractivity contribution is -0.141. The molecular weight excluding hydrogens is 225 g/mol. The first-order chi connectivity index (χ1) is 7.07. The molecule has 15 heavy (non-hydrogen) atoms. The molecular formula is C9H7F3N2S. The van der Waals surface area contributed by atoms with Gasteiger partial charge in [-0.1, -0.05) is 23.9 Å². The lowest BCUT2D eigenvalue weighted by atomic mass is 10.3. The molecule has 0 spiro atoms. The van der Waals surface area contributed by atoms with Gasteiger partial charge in [-0.05, 0) is 17.9 Å². The van der Waals surface area contributed by atoms with Crippen molar-refractivity contribution in [2.24, 2.45) is 0 Å². The van der Waals surface area contributed by atoms with E-state index in [0.29, 0.717) is 5.69 Å². The highest BCUT2D eigenvalue weighted by Crippen LogP contribution is 2.34. The van der Waals surface area contributed by atoms with Crippen molar-refractivity contribution in [2.45, 2.75) is 12.6 Å². The molecule has 0 amide bonds. The van der Waals surface area contributed by atoms with Crippen LogP contribution in [0.15, 0.2) is 23.6 Å². The average molecular weight is 232 g/mol. The largest absolute Gasteiger partial charge is 0.432 e. The molecule has 0 radical (unpaired) electrons. The Kier molecular flexibility index (Phi) is 2.60. The maximum absolute atomic E-state index is 12.3. The third-order valence-electron chi connectivity index (χ3n) is 1.87. The summed E-state index contributed by atoms with van der Waals surface area (Å²) < 4.78 is 36.8. The van der Waals surface area contributed by atoms with E-state index in [2.05, 4.69) is 5.10 Å². The van der Waals surface area contributed by atoms with Gasteiger partial charge in [0.25, 0.3) is 0 Å². The van der Waals surface area contributed by atoms with Crippen LogP contribution in [0.5, 0.6) is 0 Å². The number of hydrogen-bond donors (Lipinski definition) is 1. The number of nitrogens with one attached hydrogen (secondary N) is 1. The Labute approximate surface area is 88.3 Å². The summed E-state index contributed by atoms with van der Waals surface area (Å²) in [6.45, 7) is 0. The van der Waals surface area contributed by atoms with Crippen molar-refractivity contribution in [2.75, 3.05) is 0 Å². The van der Waals surface area contributed by atoms with Crippen LogP contribution < -0.4 is 0 Å². The van der Waals surface area contributed by atoms with Crippen molar-refractivity contribution in [3.63, 3.8) is 0 Å². The van der Waals surface area contributed by atoms with E-state index in [4.69, 9.17) is 0 Å². The molecule has 1 aliphatic rings. The van der Waals surface area contributed by atoms with Crippen molar-refractivity contribution in [3.8, 4) is 0 Å². The summed E-state index contributed by atoms with van der Waals surface area (Å²) in [7, 11) is 0. The lowest BCUT2D eigenvalue weighted by Crippen LogP contribution is -2.04. The number of aromatic nitrogens is 2. The third kappa shape index (κ3) is 2.26. The summed E-state index contributed by atoms with van der Waals surface area (Å²) in [6.07, 6.45) is 0.157. The van der Waals surface area contributed by atoms with E-state index in [1.165, 1.54) is 11.8 Å². The number of hydrogen-bond acceptors (Lipinski definition) is 2. The minimum Gasteiger partial charge on any atom is -0.273 e. The second kappa shape index (κ2) is 3.77. The molecule has 0 unspecified atom stereocenters. The zero-order chi connectivity index (χ0) is 10.9. The van der Waals surface area contributed by atoms with Gasteiger partial charge < -0.3 is 0 Å². The van der Waals surface area contributed by atoms with Crippen LogP contribution in [0.3, 0.4) is 0 Å². The maximum Gasteiger partial charge on any atom is 0.432 e. The van der Waals surface area contributed by atoms with E-state index in [1.54, 1.807) is 0 Å². The zero-order valence-corrected chi connectivity index (χ0v) is 8.32. The highest BCUT2D eigenvalue weighted by molar-refractivity contribution is 8.10. The Morgan fingerprint density at radius 1 is 1.40 bits per heavy atom. The number of thioether (sulfide) groups is 1. The third-order valence-corrected chi connectivity index (χ3v) is 2.82. The van der Waals surface area contributed by atoms with Crippen molar-refractivity contribution >= 4 is 16.7 Å². The topological polar surface area (TPSA) is 28.7 Å². The quantitative estimate of drug-likeness (QED) is 0.803. The van der Waals surface area contributed by atoms with Crippen molar-refractivity contribution in [1.29, 1.82) is 0 Å². The van der Waals surface area contributed by atoms with Crippen molar-refractivity contribution < 1.29 is 13.2 Å². The monoisotopic (exact) mass is 232 g/mol. The fourth-order valence-corrected chi connectivity index (χ4v) is 1.93. The molecule has 0 aromatic carbocycles. The Balaban J connectivity index is 2.24. The average Bonchev–Trinajstić information content (AvgIpc) is 2.67. The van der Waals surface area contributed by atoms with E-state index in [1.807, 2.05) is 22.7 Å². The van der Waals surface area contributed by atoms with Crippen LogP contribution in [0.4, 0.5) is 13.2 Å². The molecule has 0 saturated heterocycles. The second-order valence-corrected chi connectivity index (χ2v) is 3.91. The molecule has 2 nitrogen and oxygen atoms in total. The summed E-state index contributed by atoms with van der Waals surface area (Å²) in [4.78, 5) is 0.754. The van der Waals surface area contributed by atoms with Gasteiger partial charge in [-0.25, -0.2) is 0 Å². The fraction of sp³-hybridized carbons (Fsp3) is 0.222. The first-order valence-corrected chi connectivity index (χ1v) is 5.10. The van der Waals surface area contributed by atoms with E-state index < -0.39 is 11.9 Å². The predicted octanol–water partition coefficient (Wildman–Crippen LogP) is 3.42. The summed E-state index contributed by atoms with van der Waals surface area (Å²) in [5.74, 6) is 0. The van der Waals surface area contributed by atoms with Gasteiger partial charge in [-0.15, -0.1) is 0 Å². The van der Waals surface area contributed by atoms with Gasteiger partial charge in [0.1, 0.15) is 5.69 Å². The van der Waals surface area contributed by atoms with Crippen molar-refractivity contribution in [3.05, 3.63) is 35.0 Å². The number of alkyl halides is 3. The van der Waals surface area contributed by atoms with Crippen LogP contribution in [0.1, 0.15) is 17.8 Å². The normalized spacial score (nSPS) is 16.6. The van der Waals surface area contributed by atoms with E-state index in [-0.39, 0.29) is 0 Å². The Morgan fingerprint density at radius 3 is 2.73 bits per heavy atom. The predicted molar refractivity (Wildman–Crippen MR) is 52.9 cm³/mol. The summed E-state index contributed by atoms with van der Waals surface area (Å²) >= 11 is 1.37. The Bertz CT molecular complexity index is 417. The highest BCUT2D eigenvalue weighted by Gasteiger charge is 2.33. The van der Waals surface area contributed by atoms with Gasteiger partial charge in [-0.2, -0.15) is 18.3 Å². The number of aromatic amines is 1. The maximum atomic E-state index is 12.3. The molecule has 0 fully saturated rings. The van der Waals surface area contributed by atoms with Crippen LogP contribution in [0, 0.1) is 0 Å². The Hall–Kier alpha value is -1.17. The van der Waals surface area contributed by atoms with Crippen LogP contribution in [-0.4, -0.2) is 10.2 Å². The van der Waals surface area contributed by atoms with Gasteiger partial charge in [-0.3, -0.25) is 5.10 Å². The molecule has 0 aliphatic carbocycles. The molecule has 2 heterocycles. The van der Waals surface area contributed by atoms with Crippen LogP contribution in [-0.2, 0) is 6.18 Å². The van der Waals surface area contributed by atoms with E-state index in [0.717, 1.165) is 17.4 Å². The van der Waals surface area contributed by atoms with Crippen molar-refractivity contribution in [1.82, 2.24) is 10.2 Å². The molecule has 1 aromatic rings. The van der Waals surface area contributed by atoms with Gasteiger partial charge in [0.15, 0.2) is 0 Å². The van der Waals surface area contributed by atoms with Gasteiger partial charge in [0, 0.05) is 4.91 Å². The number of allylic oxidation sites excluding steroid dienone is 2. The molecule has 1 aromatic heterocycles. The number of halogens is 3. The van der Waals surface area contributed by atoms with E-state index >= 15 is 0 Å². The van der Waals surface area contributed by atoms with Gasteiger partial charge in [0.05, 0.1) is 5.69 Å². The highest BCUT2D eigenvalue weighted by atomic mass is 32.2. The number of rotatable bonds is 1. The van der Waals surface area contributed by atoms with Gasteiger partial charge in [0.2, 0.25) is 0 Å². The summed E-state index contributed by atoms with van der Waals surface area (Å²) in [5.41, 5.74) is -0.467. The Morgan fingerprint density at radius 2 is 2.20 bits per heavy atom. The van der Waals surface area contributed by atoms with Crippen LogP contribution >= 0.6 is 11.8 Å². The van der Waals surface area contributed by atoms with Crippen LogP contribution in [0.25, 0.3) is 4.91 Å².